The topological polar surface area (TPSA) is 107 Å². The van der Waals surface area contributed by atoms with E-state index in [2.05, 4.69) is 32.9 Å². The third-order valence-electron chi connectivity index (χ3n) is 6.35. The molecule has 5 rings (SSSR count). The zero-order valence-corrected chi connectivity index (χ0v) is 20.2. The van der Waals surface area contributed by atoms with Gasteiger partial charge in [0.05, 0.1) is 19.1 Å². The van der Waals surface area contributed by atoms with Gasteiger partial charge in [-0.15, -0.1) is 0 Å². The van der Waals surface area contributed by atoms with Crippen molar-refractivity contribution in [2.45, 2.75) is 25.7 Å². The first-order chi connectivity index (χ1) is 17.6. The molecule has 2 heterocycles. The molecule has 2 aromatic heterocycles. The Morgan fingerprint density at radius 3 is 2.67 bits per heavy atom. The molecule has 1 amide bonds. The monoisotopic (exact) mass is 485 g/mol. The van der Waals surface area contributed by atoms with E-state index in [1.165, 1.54) is 30.6 Å². The van der Waals surface area contributed by atoms with Crippen molar-refractivity contribution in [1.82, 2.24) is 20.0 Å². The molecule has 0 radical (unpaired) electrons. The molecule has 0 fully saturated rings. The fourth-order valence-corrected chi connectivity index (χ4v) is 4.49. The maximum absolute atomic E-state index is 13.2. The number of aryl methyl sites for hydroxylation is 2. The summed E-state index contributed by atoms with van der Waals surface area (Å²) in [7, 11) is 3.01. The minimum atomic E-state index is -0.630. The van der Waals surface area contributed by atoms with Crippen molar-refractivity contribution in [2.75, 3.05) is 26.1 Å². The summed E-state index contributed by atoms with van der Waals surface area (Å²) in [6.45, 7) is 0.658. The Labute approximate surface area is 208 Å². The average molecular weight is 486 g/mol. The van der Waals surface area contributed by atoms with Crippen LogP contribution in [0.25, 0.3) is 16.7 Å². The van der Waals surface area contributed by atoms with Crippen LogP contribution in [0.1, 0.15) is 33.5 Å². The molecular formula is C27H27N5O4. The lowest BCUT2D eigenvalue weighted by molar-refractivity contribution is 0.0536. The maximum atomic E-state index is 13.2. The van der Waals surface area contributed by atoms with Crippen LogP contribution in [-0.4, -0.2) is 41.3 Å². The highest BCUT2D eigenvalue weighted by molar-refractivity contribution is 5.96. The number of rotatable bonds is 8. The molecular weight excluding hydrogens is 458 g/mol. The van der Waals surface area contributed by atoms with Crippen molar-refractivity contribution in [3.05, 3.63) is 87.3 Å². The summed E-state index contributed by atoms with van der Waals surface area (Å²) in [4.78, 5) is 39.5. The van der Waals surface area contributed by atoms with Gasteiger partial charge in [0.25, 0.3) is 5.91 Å². The maximum Gasteiger partial charge on any atom is 0.280 e. The number of aromatic nitrogens is 3. The highest BCUT2D eigenvalue weighted by Gasteiger charge is 2.19. The van der Waals surface area contributed by atoms with Crippen molar-refractivity contribution < 1.29 is 14.4 Å². The van der Waals surface area contributed by atoms with E-state index in [0.717, 1.165) is 42.6 Å². The van der Waals surface area contributed by atoms with Gasteiger partial charge in [0.1, 0.15) is 5.56 Å². The van der Waals surface area contributed by atoms with E-state index in [-0.39, 0.29) is 10.9 Å². The Morgan fingerprint density at radius 1 is 1.08 bits per heavy atom. The van der Waals surface area contributed by atoms with Gasteiger partial charge in [0, 0.05) is 30.9 Å². The van der Waals surface area contributed by atoms with Gasteiger partial charge >= 0.3 is 0 Å². The minimum Gasteiger partial charge on any atom is -0.384 e. The zero-order chi connectivity index (χ0) is 25.1. The second-order valence-electron chi connectivity index (χ2n) is 8.68. The lowest BCUT2D eigenvalue weighted by Crippen LogP contribution is -2.29. The average Bonchev–Trinajstić information content (AvgIpc) is 3.37. The van der Waals surface area contributed by atoms with Crippen molar-refractivity contribution in [3.63, 3.8) is 0 Å². The van der Waals surface area contributed by atoms with E-state index < -0.39 is 11.3 Å². The molecule has 4 aromatic rings. The van der Waals surface area contributed by atoms with Gasteiger partial charge < -0.3 is 14.6 Å². The number of hydroxylamine groups is 1. The first kappa shape index (κ1) is 23.7. The Morgan fingerprint density at radius 2 is 1.89 bits per heavy atom. The molecule has 2 N–H and O–H groups in total. The van der Waals surface area contributed by atoms with E-state index in [4.69, 9.17) is 9.57 Å². The number of nitrogens with zero attached hydrogens (tertiary/aromatic N) is 3. The second-order valence-corrected chi connectivity index (χ2v) is 8.68. The summed E-state index contributed by atoms with van der Waals surface area (Å²) >= 11 is 0. The van der Waals surface area contributed by atoms with Gasteiger partial charge in [-0.3, -0.25) is 14.4 Å². The molecule has 1 aliphatic carbocycles. The molecule has 0 atom stereocenters. The van der Waals surface area contributed by atoms with Crippen LogP contribution in [0, 0.1) is 0 Å². The van der Waals surface area contributed by atoms with Gasteiger partial charge in [0.15, 0.2) is 5.65 Å². The summed E-state index contributed by atoms with van der Waals surface area (Å²) in [5, 5.41) is 3.44. The number of amides is 1. The van der Waals surface area contributed by atoms with Crippen molar-refractivity contribution in [1.29, 1.82) is 0 Å². The van der Waals surface area contributed by atoms with Gasteiger partial charge in [-0.25, -0.2) is 10.5 Å². The standard InChI is InChI=1S/C27H27N5O4/c1-35-13-12-17-6-9-20(10-7-17)29-27-28-15-22-24(33)23(26(34)31-36-2)16-32(25(22)30-27)21-11-8-18-4-3-5-19(18)14-21/h6-11,14-16H,3-5,12-13H2,1-2H3,(H,31,34)(H,28,29,30). The molecule has 1 aliphatic rings. The number of methoxy groups -OCH3 is 1. The van der Waals surface area contributed by atoms with Crippen LogP contribution in [0.15, 0.2) is 59.7 Å². The van der Waals surface area contributed by atoms with Crippen LogP contribution in [0.3, 0.4) is 0 Å². The third-order valence-corrected chi connectivity index (χ3v) is 6.35. The minimum absolute atomic E-state index is 0.0548. The molecule has 36 heavy (non-hydrogen) atoms. The van der Waals surface area contributed by atoms with Crippen LogP contribution in [-0.2, 0) is 28.8 Å². The molecule has 2 aromatic carbocycles. The number of hydrogen-bond acceptors (Lipinski definition) is 7. The smallest absolute Gasteiger partial charge is 0.280 e. The molecule has 0 spiro atoms. The largest absolute Gasteiger partial charge is 0.384 e. The van der Waals surface area contributed by atoms with Crippen molar-refractivity contribution in [2.24, 2.45) is 0 Å². The van der Waals surface area contributed by atoms with Crippen molar-refractivity contribution in [3.8, 4) is 5.69 Å². The van der Waals surface area contributed by atoms with Crippen LogP contribution in [0.5, 0.6) is 0 Å². The Kier molecular flexibility index (Phi) is 6.75. The molecule has 0 saturated heterocycles. The Balaban J connectivity index is 1.58. The fourth-order valence-electron chi connectivity index (χ4n) is 4.49. The summed E-state index contributed by atoms with van der Waals surface area (Å²) in [6.07, 6.45) is 6.97. The lowest BCUT2D eigenvalue weighted by Gasteiger charge is -2.15. The van der Waals surface area contributed by atoms with Gasteiger partial charge in [-0.2, -0.15) is 4.98 Å². The van der Waals surface area contributed by atoms with E-state index >= 15 is 0 Å². The molecule has 0 aliphatic heterocycles. The fraction of sp³-hybridized carbons (Fsp3) is 0.259. The number of fused-ring (bicyclic) bond motifs is 2. The molecule has 9 nitrogen and oxygen atoms in total. The number of carbonyl (C=O) groups excluding carboxylic acids is 1. The number of ether oxygens (including phenoxy) is 1. The molecule has 0 unspecified atom stereocenters. The van der Waals surface area contributed by atoms with Gasteiger partial charge in [0.2, 0.25) is 11.4 Å². The Bertz CT molecular complexity index is 1480. The quantitative estimate of drug-likeness (QED) is 0.368. The number of anilines is 2. The molecule has 0 saturated carbocycles. The van der Waals surface area contributed by atoms with Gasteiger partial charge in [-0.1, -0.05) is 18.2 Å². The van der Waals surface area contributed by atoms with E-state index in [0.29, 0.717) is 18.2 Å². The van der Waals surface area contributed by atoms with E-state index in [1.807, 2.05) is 30.3 Å². The SMILES string of the molecule is COCCc1ccc(Nc2ncc3c(=O)c(C(=O)NOC)cn(-c4ccc5c(c4)CCC5)c3n2)cc1. The molecule has 9 heteroatoms. The lowest BCUT2D eigenvalue weighted by atomic mass is 10.1. The first-order valence-electron chi connectivity index (χ1n) is 11.8. The first-order valence-corrected chi connectivity index (χ1v) is 11.8. The summed E-state index contributed by atoms with van der Waals surface area (Å²) in [5.41, 5.74) is 7.51. The molecule has 184 valence electrons. The van der Waals surface area contributed by atoms with E-state index in [9.17, 15) is 9.59 Å². The van der Waals surface area contributed by atoms with E-state index in [1.54, 1.807) is 11.7 Å². The number of benzene rings is 2. The second kappa shape index (κ2) is 10.3. The number of carbonyl (C=O) groups is 1. The van der Waals surface area contributed by atoms with Crippen molar-refractivity contribution >= 4 is 28.6 Å². The predicted molar refractivity (Wildman–Crippen MR) is 137 cm³/mol. The number of pyridine rings is 1. The highest BCUT2D eigenvalue weighted by atomic mass is 16.6. The Hall–Kier alpha value is -4.08. The number of hydrogen-bond donors (Lipinski definition) is 2. The summed E-state index contributed by atoms with van der Waals surface area (Å²) < 4.78 is 6.90. The normalized spacial score (nSPS) is 12.5. The van der Waals surface area contributed by atoms with Crippen LogP contribution in [0.2, 0.25) is 0 Å². The number of nitrogens with one attached hydrogen (secondary N) is 2. The zero-order valence-electron chi connectivity index (χ0n) is 20.2. The molecule has 0 bridgehead atoms. The van der Waals surface area contributed by atoms with Crippen LogP contribution < -0.4 is 16.2 Å². The predicted octanol–water partition coefficient (Wildman–Crippen LogP) is 3.49. The van der Waals surface area contributed by atoms with Crippen LogP contribution >= 0.6 is 0 Å². The van der Waals surface area contributed by atoms with Crippen LogP contribution in [0.4, 0.5) is 11.6 Å². The third kappa shape index (κ3) is 4.71. The highest BCUT2D eigenvalue weighted by Crippen LogP contribution is 2.26. The summed E-state index contributed by atoms with van der Waals surface area (Å²) in [5.74, 6) is -0.286. The summed E-state index contributed by atoms with van der Waals surface area (Å²) in [6, 6.07) is 14.1. The van der Waals surface area contributed by atoms with Gasteiger partial charge in [-0.05, 0) is 66.6 Å².